The highest BCUT2D eigenvalue weighted by atomic mass is 16.5. The number of pyridine rings is 1. The fourth-order valence-electron chi connectivity index (χ4n) is 2.03. The second kappa shape index (κ2) is 7.06. The Morgan fingerprint density at radius 1 is 1.37 bits per heavy atom. The molecule has 2 rings (SSSR count). The van der Waals surface area contributed by atoms with Gasteiger partial charge < -0.3 is 20.4 Å². The largest absolute Gasteiger partial charge is 0.376 e. The predicted octanol–water partition coefficient (Wildman–Crippen LogP) is -0.127. The van der Waals surface area contributed by atoms with Gasteiger partial charge in [0.2, 0.25) is 5.56 Å². The van der Waals surface area contributed by atoms with Crippen LogP contribution in [0.4, 0.5) is 0 Å². The summed E-state index contributed by atoms with van der Waals surface area (Å²) in [5.74, 6) is -0.286. The van der Waals surface area contributed by atoms with Crippen molar-refractivity contribution in [3.63, 3.8) is 0 Å². The third-order valence-corrected chi connectivity index (χ3v) is 3.04. The number of ether oxygens (including phenoxy) is 1. The molecule has 0 spiro atoms. The van der Waals surface area contributed by atoms with E-state index in [9.17, 15) is 9.59 Å². The van der Waals surface area contributed by atoms with Crippen LogP contribution in [0.5, 0.6) is 0 Å². The van der Waals surface area contributed by atoms with E-state index in [1.165, 1.54) is 6.07 Å². The van der Waals surface area contributed by atoms with Crippen molar-refractivity contribution in [2.75, 3.05) is 26.2 Å². The molecule has 1 aliphatic rings. The summed E-state index contributed by atoms with van der Waals surface area (Å²) in [6.07, 6.45) is 2.31. The summed E-state index contributed by atoms with van der Waals surface area (Å²) in [7, 11) is 0. The minimum absolute atomic E-state index is 0.273. The molecule has 3 N–H and O–H groups in total. The molecule has 1 amide bonds. The number of carbonyl (C=O) groups excluding carboxylic acids is 1. The minimum atomic E-state index is -0.286. The topological polar surface area (TPSA) is 83.2 Å². The molecule has 6 nitrogen and oxygen atoms in total. The molecular weight excluding hydrogens is 246 g/mol. The zero-order valence-corrected chi connectivity index (χ0v) is 10.8. The van der Waals surface area contributed by atoms with Gasteiger partial charge in [-0.2, -0.15) is 0 Å². The molecule has 1 aromatic rings. The van der Waals surface area contributed by atoms with Crippen LogP contribution in [0.3, 0.4) is 0 Å². The van der Waals surface area contributed by atoms with Gasteiger partial charge in [-0.3, -0.25) is 9.59 Å². The quantitative estimate of drug-likeness (QED) is 0.648. The average Bonchev–Trinajstić information content (AvgIpc) is 2.44. The number of aromatic amines is 1. The van der Waals surface area contributed by atoms with Crippen molar-refractivity contribution in [3.8, 4) is 0 Å². The van der Waals surface area contributed by atoms with Crippen LogP contribution in [0, 0.1) is 0 Å². The van der Waals surface area contributed by atoms with Gasteiger partial charge >= 0.3 is 0 Å². The molecule has 0 radical (unpaired) electrons. The van der Waals surface area contributed by atoms with Gasteiger partial charge in [0.15, 0.2) is 0 Å². The standard InChI is InChI=1S/C13H19N3O3/c17-12-3-1-2-11(16-12)13(18)15-8-9-19-10-4-6-14-7-5-10/h1-3,10,14H,4-9H2,(H,15,18)(H,16,17). The van der Waals surface area contributed by atoms with Crippen molar-refractivity contribution in [1.29, 1.82) is 0 Å². The molecule has 1 aliphatic heterocycles. The molecule has 0 atom stereocenters. The molecule has 0 aliphatic carbocycles. The van der Waals surface area contributed by atoms with Crippen molar-refractivity contribution in [2.45, 2.75) is 18.9 Å². The number of hydrogen-bond acceptors (Lipinski definition) is 4. The fraction of sp³-hybridized carbons (Fsp3) is 0.538. The van der Waals surface area contributed by atoms with Gasteiger partial charge in [-0.25, -0.2) is 0 Å². The fourth-order valence-corrected chi connectivity index (χ4v) is 2.03. The van der Waals surface area contributed by atoms with E-state index in [0.717, 1.165) is 25.9 Å². The Labute approximate surface area is 111 Å². The van der Waals surface area contributed by atoms with Crippen LogP contribution in [0.1, 0.15) is 23.3 Å². The third-order valence-electron chi connectivity index (χ3n) is 3.04. The van der Waals surface area contributed by atoms with Crippen LogP contribution in [-0.2, 0) is 4.74 Å². The number of amides is 1. The van der Waals surface area contributed by atoms with Gasteiger partial charge in [0.1, 0.15) is 5.69 Å². The highest BCUT2D eigenvalue weighted by Gasteiger charge is 2.13. The first-order valence-electron chi connectivity index (χ1n) is 6.55. The Hall–Kier alpha value is -1.66. The normalized spacial score (nSPS) is 16.2. The molecule has 104 valence electrons. The monoisotopic (exact) mass is 265 g/mol. The Balaban J connectivity index is 1.67. The molecule has 0 saturated carbocycles. The van der Waals surface area contributed by atoms with E-state index in [1.54, 1.807) is 12.1 Å². The average molecular weight is 265 g/mol. The maximum atomic E-state index is 11.7. The zero-order chi connectivity index (χ0) is 13.5. The van der Waals surface area contributed by atoms with Crippen LogP contribution in [0.15, 0.2) is 23.0 Å². The van der Waals surface area contributed by atoms with Crippen molar-refractivity contribution >= 4 is 5.91 Å². The molecule has 6 heteroatoms. The van der Waals surface area contributed by atoms with Crippen LogP contribution in [-0.4, -0.2) is 43.2 Å². The van der Waals surface area contributed by atoms with E-state index in [-0.39, 0.29) is 23.3 Å². The van der Waals surface area contributed by atoms with Gasteiger partial charge in [-0.05, 0) is 32.0 Å². The highest BCUT2D eigenvalue weighted by Crippen LogP contribution is 2.06. The van der Waals surface area contributed by atoms with E-state index < -0.39 is 0 Å². The van der Waals surface area contributed by atoms with Crippen LogP contribution >= 0.6 is 0 Å². The number of hydrogen-bond donors (Lipinski definition) is 3. The third kappa shape index (κ3) is 4.50. The Bertz CT molecular complexity index is 466. The van der Waals surface area contributed by atoms with Crippen molar-refractivity contribution in [2.24, 2.45) is 0 Å². The number of nitrogens with one attached hydrogen (secondary N) is 3. The lowest BCUT2D eigenvalue weighted by Gasteiger charge is -2.22. The van der Waals surface area contributed by atoms with Gasteiger partial charge in [-0.1, -0.05) is 6.07 Å². The summed E-state index contributed by atoms with van der Waals surface area (Å²) in [4.78, 5) is 25.2. The summed E-state index contributed by atoms with van der Waals surface area (Å²) in [6.45, 7) is 2.91. The highest BCUT2D eigenvalue weighted by molar-refractivity contribution is 5.92. The van der Waals surface area contributed by atoms with E-state index in [2.05, 4.69) is 15.6 Å². The summed E-state index contributed by atoms with van der Waals surface area (Å²) < 4.78 is 5.67. The smallest absolute Gasteiger partial charge is 0.267 e. The summed E-state index contributed by atoms with van der Waals surface area (Å²) in [5.41, 5.74) is -0.00651. The maximum Gasteiger partial charge on any atom is 0.267 e. The van der Waals surface area contributed by atoms with Gasteiger partial charge in [-0.15, -0.1) is 0 Å². The molecule has 2 heterocycles. The number of H-pyrrole nitrogens is 1. The molecular formula is C13H19N3O3. The molecule has 0 unspecified atom stereocenters. The first-order chi connectivity index (χ1) is 9.25. The molecule has 1 aromatic heterocycles. The minimum Gasteiger partial charge on any atom is -0.376 e. The van der Waals surface area contributed by atoms with Crippen LogP contribution < -0.4 is 16.2 Å². The first-order valence-corrected chi connectivity index (χ1v) is 6.55. The molecule has 0 aromatic carbocycles. The summed E-state index contributed by atoms with van der Waals surface area (Å²) in [5, 5.41) is 5.98. The van der Waals surface area contributed by atoms with Gasteiger partial charge in [0.05, 0.1) is 12.7 Å². The number of aromatic nitrogens is 1. The SMILES string of the molecule is O=C(NCCOC1CCNCC1)c1cccc(=O)[nH]1. The van der Waals surface area contributed by atoms with E-state index in [0.29, 0.717) is 13.2 Å². The molecule has 19 heavy (non-hydrogen) atoms. The van der Waals surface area contributed by atoms with Crippen molar-refractivity contribution < 1.29 is 9.53 Å². The Morgan fingerprint density at radius 3 is 2.89 bits per heavy atom. The summed E-state index contributed by atoms with van der Waals surface area (Å²) in [6, 6.07) is 4.50. The number of carbonyl (C=O) groups is 1. The number of piperidine rings is 1. The Morgan fingerprint density at radius 2 is 2.16 bits per heavy atom. The molecule has 0 bridgehead atoms. The van der Waals surface area contributed by atoms with E-state index in [1.807, 2.05) is 0 Å². The van der Waals surface area contributed by atoms with Crippen LogP contribution in [0.25, 0.3) is 0 Å². The Kier molecular flexibility index (Phi) is 5.11. The number of rotatable bonds is 5. The predicted molar refractivity (Wildman–Crippen MR) is 71.2 cm³/mol. The lowest BCUT2D eigenvalue weighted by Crippen LogP contribution is -2.35. The van der Waals surface area contributed by atoms with Gasteiger partial charge in [0.25, 0.3) is 5.91 Å². The zero-order valence-electron chi connectivity index (χ0n) is 10.8. The van der Waals surface area contributed by atoms with Crippen molar-refractivity contribution in [1.82, 2.24) is 15.6 Å². The van der Waals surface area contributed by atoms with Gasteiger partial charge in [0, 0.05) is 12.6 Å². The van der Waals surface area contributed by atoms with Crippen LogP contribution in [0.2, 0.25) is 0 Å². The second-order valence-corrected chi connectivity index (χ2v) is 4.50. The van der Waals surface area contributed by atoms with E-state index in [4.69, 9.17) is 4.74 Å². The summed E-state index contributed by atoms with van der Waals surface area (Å²) >= 11 is 0. The van der Waals surface area contributed by atoms with Crippen molar-refractivity contribution in [3.05, 3.63) is 34.2 Å². The molecule has 1 fully saturated rings. The first kappa shape index (κ1) is 13.8. The molecule has 1 saturated heterocycles. The second-order valence-electron chi connectivity index (χ2n) is 4.50. The lowest BCUT2D eigenvalue weighted by molar-refractivity contribution is 0.0343. The lowest BCUT2D eigenvalue weighted by atomic mass is 10.1. The maximum absolute atomic E-state index is 11.7. The van der Waals surface area contributed by atoms with E-state index >= 15 is 0 Å².